The molecule has 7 nitrogen and oxygen atoms in total. The molecule has 0 saturated carbocycles. The van der Waals surface area contributed by atoms with Gasteiger partial charge in [0, 0.05) is 25.6 Å². The summed E-state index contributed by atoms with van der Waals surface area (Å²) in [5.41, 5.74) is 0.947. The first kappa shape index (κ1) is 22.0. The highest BCUT2D eigenvalue weighted by atomic mass is 32.2. The third-order valence-electron chi connectivity index (χ3n) is 5.19. The molecule has 1 fully saturated rings. The van der Waals surface area contributed by atoms with Crippen molar-refractivity contribution in [2.45, 2.75) is 24.3 Å². The number of rotatable bonds is 7. The number of carbonyl (C=O) groups excluding carboxylic acids is 1. The van der Waals surface area contributed by atoms with Crippen LogP contribution < -0.4 is 14.8 Å². The first-order chi connectivity index (χ1) is 14.3. The van der Waals surface area contributed by atoms with Crippen LogP contribution in [0, 0.1) is 11.7 Å². The number of sulfonamides is 1. The second-order valence-electron chi connectivity index (χ2n) is 7.04. The van der Waals surface area contributed by atoms with Gasteiger partial charge in [-0.05, 0) is 48.7 Å². The van der Waals surface area contributed by atoms with Crippen molar-refractivity contribution in [1.29, 1.82) is 0 Å². The van der Waals surface area contributed by atoms with Crippen LogP contribution in [-0.2, 0) is 21.4 Å². The maximum absolute atomic E-state index is 13.6. The third-order valence-corrected chi connectivity index (χ3v) is 7.11. The largest absolute Gasteiger partial charge is 0.497 e. The minimum atomic E-state index is -3.91. The number of methoxy groups -OCH3 is 2. The van der Waals surface area contributed by atoms with Crippen LogP contribution in [0.3, 0.4) is 0 Å². The van der Waals surface area contributed by atoms with Crippen LogP contribution in [0.1, 0.15) is 18.4 Å². The lowest BCUT2D eigenvalue weighted by Crippen LogP contribution is -2.43. The molecule has 1 saturated heterocycles. The number of carbonyl (C=O) groups is 1. The number of halogens is 1. The molecule has 3 rings (SSSR count). The van der Waals surface area contributed by atoms with E-state index in [1.54, 1.807) is 7.11 Å². The maximum atomic E-state index is 13.6. The summed E-state index contributed by atoms with van der Waals surface area (Å²) in [6, 6.07) is 10.8. The number of piperidine rings is 1. The Morgan fingerprint density at radius 2 is 1.77 bits per heavy atom. The van der Waals surface area contributed by atoms with Crippen molar-refractivity contribution in [3.63, 3.8) is 0 Å². The minimum Gasteiger partial charge on any atom is -0.497 e. The second kappa shape index (κ2) is 9.44. The standard InChI is InChI=1S/C21H25FN2O5S/c1-28-18-6-3-15(4-7-18)14-23-21(25)16-9-11-24(12-10-16)30(26,27)20-13-17(22)5-8-19(20)29-2/h3-8,13,16H,9-12,14H2,1-2H3,(H,23,25). The van der Waals surface area contributed by atoms with Gasteiger partial charge in [0.2, 0.25) is 15.9 Å². The molecule has 0 spiro atoms. The molecule has 0 aromatic heterocycles. The first-order valence-corrected chi connectivity index (χ1v) is 11.0. The van der Waals surface area contributed by atoms with Gasteiger partial charge in [-0.15, -0.1) is 0 Å². The van der Waals surface area contributed by atoms with Crippen molar-refractivity contribution in [2.75, 3.05) is 27.3 Å². The van der Waals surface area contributed by atoms with Crippen LogP contribution >= 0.6 is 0 Å². The van der Waals surface area contributed by atoms with Gasteiger partial charge in [0.05, 0.1) is 14.2 Å². The van der Waals surface area contributed by atoms with Crippen molar-refractivity contribution in [3.05, 3.63) is 53.8 Å². The smallest absolute Gasteiger partial charge is 0.246 e. The van der Waals surface area contributed by atoms with Gasteiger partial charge < -0.3 is 14.8 Å². The summed E-state index contributed by atoms with van der Waals surface area (Å²) in [5.74, 6) is -0.193. The minimum absolute atomic E-state index is 0.0933. The summed E-state index contributed by atoms with van der Waals surface area (Å²) < 4.78 is 50.9. The van der Waals surface area contributed by atoms with Gasteiger partial charge >= 0.3 is 0 Å². The van der Waals surface area contributed by atoms with Crippen LogP contribution in [-0.4, -0.2) is 45.9 Å². The SMILES string of the molecule is COc1ccc(CNC(=O)C2CCN(S(=O)(=O)c3cc(F)ccc3OC)CC2)cc1. The summed E-state index contributed by atoms with van der Waals surface area (Å²) in [4.78, 5) is 12.3. The van der Waals surface area contributed by atoms with Crippen LogP contribution in [0.25, 0.3) is 0 Å². The Bertz CT molecular complexity index is 987. The summed E-state index contributed by atoms with van der Waals surface area (Å²) in [7, 11) is -0.984. The molecule has 0 atom stereocenters. The zero-order valence-electron chi connectivity index (χ0n) is 16.9. The number of nitrogens with zero attached hydrogens (tertiary/aromatic N) is 1. The lowest BCUT2D eigenvalue weighted by atomic mass is 9.97. The Hall–Kier alpha value is -2.65. The number of hydrogen-bond acceptors (Lipinski definition) is 5. The fraction of sp³-hybridized carbons (Fsp3) is 0.381. The first-order valence-electron chi connectivity index (χ1n) is 9.59. The molecule has 0 unspecified atom stereocenters. The molecule has 0 radical (unpaired) electrons. The van der Waals surface area contributed by atoms with Gasteiger partial charge in [0.1, 0.15) is 22.2 Å². The van der Waals surface area contributed by atoms with Crippen molar-refractivity contribution >= 4 is 15.9 Å². The fourth-order valence-corrected chi connectivity index (χ4v) is 5.06. The van der Waals surface area contributed by atoms with E-state index in [1.807, 2.05) is 24.3 Å². The van der Waals surface area contributed by atoms with Gasteiger partial charge in [-0.2, -0.15) is 4.31 Å². The zero-order chi connectivity index (χ0) is 21.7. The highest BCUT2D eigenvalue weighted by molar-refractivity contribution is 7.89. The Labute approximate surface area is 175 Å². The van der Waals surface area contributed by atoms with E-state index in [9.17, 15) is 17.6 Å². The predicted molar refractivity (Wildman–Crippen MR) is 109 cm³/mol. The highest BCUT2D eigenvalue weighted by Crippen LogP contribution is 2.30. The number of ether oxygens (including phenoxy) is 2. The molecule has 2 aromatic carbocycles. The molecule has 0 aliphatic carbocycles. The predicted octanol–water partition coefficient (Wildman–Crippen LogP) is 2.56. The molecule has 162 valence electrons. The Morgan fingerprint density at radius 1 is 1.10 bits per heavy atom. The third kappa shape index (κ3) is 4.91. The summed E-state index contributed by atoms with van der Waals surface area (Å²) in [6.07, 6.45) is 0.788. The molecule has 9 heteroatoms. The summed E-state index contributed by atoms with van der Waals surface area (Å²) in [6.45, 7) is 0.757. The van der Waals surface area contributed by atoms with E-state index in [4.69, 9.17) is 9.47 Å². The van der Waals surface area contributed by atoms with Crippen LogP contribution in [0.15, 0.2) is 47.4 Å². The van der Waals surface area contributed by atoms with Gasteiger partial charge in [-0.25, -0.2) is 12.8 Å². The number of amides is 1. The van der Waals surface area contributed by atoms with Gasteiger partial charge in [-0.3, -0.25) is 4.79 Å². The molecule has 1 amide bonds. The van der Waals surface area contributed by atoms with Gasteiger partial charge in [-0.1, -0.05) is 12.1 Å². The lowest BCUT2D eigenvalue weighted by molar-refractivity contribution is -0.126. The maximum Gasteiger partial charge on any atom is 0.246 e. The molecule has 1 N–H and O–H groups in total. The molecular formula is C21H25FN2O5S. The fourth-order valence-electron chi connectivity index (χ4n) is 3.43. The lowest BCUT2D eigenvalue weighted by Gasteiger charge is -2.30. The molecule has 30 heavy (non-hydrogen) atoms. The Balaban J connectivity index is 1.58. The van der Waals surface area contributed by atoms with Crippen molar-refractivity contribution < 1.29 is 27.1 Å². The van der Waals surface area contributed by atoms with Crippen molar-refractivity contribution in [1.82, 2.24) is 9.62 Å². The van der Waals surface area contributed by atoms with Crippen LogP contribution in [0.5, 0.6) is 11.5 Å². The topological polar surface area (TPSA) is 84.9 Å². The van der Waals surface area contributed by atoms with E-state index in [0.29, 0.717) is 19.4 Å². The quantitative estimate of drug-likeness (QED) is 0.721. The van der Waals surface area contributed by atoms with E-state index in [-0.39, 0.29) is 35.6 Å². The number of hydrogen-bond donors (Lipinski definition) is 1. The average Bonchev–Trinajstić information content (AvgIpc) is 2.77. The Morgan fingerprint density at radius 3 is 2.37 bits per heavy atom. The van der Waals surface area contributed by atoms with Crippen molar-refractivity contribution in [2.24, 2.45) is 5.92 Å². The van der Waals surface area contributed by atoms with E-state index >= 15 is 0 Å². The van der Waals surface area contributed by atoms with E-state index in [0.717, 1.165) is 23.4 Å². The van der Waals surface area contributed by atoms with Crippen molar-refractivity contribution in [3.8, 4) is 11.5 Å². The molecule has 1 heterocycles. The van der Waals surface area contributed by atoms with Crippen LogP contribution in [0.2, 0.25) is 0 Å². The molecular weight excluding hydrogens is 411 g/mol. The normalized spacial score (nSPS) is 15.6. The molecule has 0 bridgehead atoms. The molecule has 2 aromatic rings. The monoisotopic (exact) mass is 436 g/mol. The highest BCUT2D eigenvalue weighted by Gasteiger charge is 2.33. The molecule has 1 aliphatic rings. The zero-order valence-corrected chi connectivity index (χ0v) is 17.7. The van der Waals surface area contributed by atoms with E-state index in [1.165, 1.54) is 17.5 Å². The van der Waals surface area contributed by atoms with Gasteiger partial charge in [0.15, 0.2) is 0 Å². The summed E-state index contributed by atoms with van der Waals surface area (Å²) in [5, 5.41) is 2.90. The Kier molecular flexibility index (Phi) is 6.94. The van der Waals surface area contributed by atoms with E-state index in [2.05, 4.69) is 5.32 Å². The van der Waals surface area contributed by atoms with E-state index < -0.39 is 15.8 Å². The van der Waals surface area contributed by atoms with Crippen LogP contribution in [0.4, 0.5) is 4.39 Å². The number of benzene rings is 2. The van der Waals surface area contributed by atoms with Gasteiger partial charge in [0.25, 0.3) is 0 Å². The second-order valence-corrected chi connectivity index (χ2v) is 8.95. The molecule has 1 aliphatic heterocycles. The number of nitrogens with one attached hydrogen (secondary N) is 1. The average molecular weight is 437 g/mol. The summed E-state index contributed by atoms with van der Waals surface area (Å²) >= 11 is 0.